The second-order valence-electron chi connectivity index (χ2n) is 4.27. The number of para-hydroxylation sites is 1. The summed E-state index contributed by atoms with van der Waals surface area (Å²) in [7, 11) is 2.09. The van der Waals surface area contributed by atoms with Gasteiger partial charge >= 0.3 is 0 Å². The van der Waals surface area contributed by atoms with Crippen LogP contribution < -0.4 is 10.2 Å². The van der Waals surface area contributed by atoms with E-state index in [0.29, 0.717) is 6.04 Å². The first-order chi connectivity index (χ1) is 7.77. The zero-order chi connectivity index (χ0) is 11.1. The number of likely N-dealkylation sites (N-methyl/N-ethyl adjacent to an activating group) is 1. The Morgan fingerprint density at radius 2 is 2.38 bits per heavy atom. The molecule has 2 aliphatic rings. The molecule has 0 spiro atoms. The number of anilines is 1. The molecule has 2 heterocycles. The zero-order valence-electron chi connectivity index (χ0n) is 9.20. The van der Waals surface area contributed by atoms with E-state index in [1.54, 1.807) is 0 Å². The maximum absolute atomic E-state index is 6.23. The number of nitrogens with zero attached hydrogens (tertiary/aromatic N) is 2. The maximum atomic E-state index is 6.23. The molecule has 0 saturated heterocycles. The third-order valence-electron chi connectivity index (χ3n) is 3.32. The molecule has 0 amide bonds. The van der Waals surface area contributed by atoms with Gasteiger partial charge in [-0.3, -0.25) is 4.99 Å². The standard InChI is InChI=1S/C12H14ClN3/c1-16-10(12-14-5-6-15-12)7-8-3-2-4-9(13)11(8)16/h2-4,10H,5-7H2,1H3,(H,14,15). The molecule has 0 fully saturated rings. The van der Waals surface area contributed by atoms with Gasteiger partial charge in [0.05, 0.1) is 23.3 Å². The first kappa shape index (κ1) is 9.97. The number of amidine groups is 1. The minimum atomic E-state index is 0.331. The predicted octanol–water partition coefficient (Wildman–Crippen LogP) is 1.70. The number of benzene rings is 1. The minimum absolute atomic E-state index is 0.331. The van der Waals surface area contributed by atoms with Crippen LogP contribution in [0.1, 0.15) is 5.56 Å². The van der Waals surface area contributed by atoms with Gasteiger partial charge in [-0.1, -0.05) is 23.7 Å². The van der Waals surface area contributed by atoms with Gasteiger partial charge in [0.1, 0.15) is 5.84 Å². The quantitative estimate of drug-likeness (QED) is 0.803. The highest BCUT2D eigenvalue weighted by Gasteiger charge is 2.32. The van der Waals surface area contributed by atoms with Crippen LogP contribution in [0.5, 0.6) is 0 Å². The highest BCUT2D eigenvalue weighted by atomic mass is 35.5. The van der Waals surface area contributed by atoms with Crippen LogP contribution in [0.25, 0.3) is 0 Å². The van der Waals surface area contributed by atoms with Crippen molar-refractivity contribution in [2.24, 2.45) is 4.99 Å². The lowest BCUT2D eigenvalue weighted by molar-refractivity contribution is 0.811. The van der Waals surface area contributed by atoms with Gasteiger partial charge in [0.15, 0.2) is 0 Å². The molecule has 84 valence electrons. The highest BCUT2D eigenvalue weighted by Crippen LogP contribution is 2.37. The lowest BCUT2D eigenvalue weighted by atomic mass is 10.1. The van der Waals surface area contributed by atoms with E-state index in [2.05, 4.69) is 28.3 Å². The summed E-state index contributed by atoms with van der Waals surface area (Å²) in [5, 5.41) is 4.18. The fourth-order valence-electron chi connectivity index (χ4n) is 2.54. The molecule has 0 radical (unpaired) electrons. The van der Waals surface area contributed by atoms with Crippen LogP contribution in [-0.4, -0.2) is 32.0 Å². The van der Waals surface area contributed by atoms with Crippen molar-refractivity contribution < 1.29 is 0 Å². The Morgan fingerprint density at radius 1 is 1.50 bits per heavy atom. The van der Waals surface area contributed by atoms with E-state index in [0.717, 1.165) is 36.1 Å². The van der Waals surface area contributed by atoms with Crippen LogP contribution in [0.3, 0.4) is 0 Å². The van der Waals surface area contributed by atoms with Crippen LogP contribution in [-0.2, 0) is 6.42 Å². The summed E-state index contributed by atoms with van der Waals surface area (Å²) in [6.45, 7) is 1.85. The maximum Gasteiger partial charge on any atom is 0.120 e. The second-order valence-corrected chi connectivity index (χ2v) is 4.68. The lowest BCUT2D eigenvalue weighted by Gasteiger charge is -2.23. The van der Waals surface area contributed by atoms with E-state index in [-0.39, 0.29) is 0 Å². The summed E-state index contributed by atoms with van der Waals surface area (Å²) in [6, 6.07) is 6.44. The van der Waals surface area contributed by atoms with E-state index < -0.39 is 0 Å². The van der Waals surface area contributed by atoms with Gasteiger partial charge in [0.2, 0.25) is 0 Å². The summed E-state index contributed by atoms with van der Waals surface area (Å²) in [5.74, 6) is 1.11. The first-order valence-electron chi connectivity index (χ1n) is 5.56. The Balaban J connectivity index is 1.97. The largest absolute Gasteiger partial charge is 0.370 e. The van der Waals surface area contributed by atoms with Crippen molar-refractivity contribution in [1.82, 2.24) is 5.32 Å². The SMILES string of the molecule is CN1c2c(Cl)cccc2CC1C1=NCCN1. The third-order valence-corrected chi connectivity index (χ3v) is 3.62. The average Bonchev–Trinajstić information content (AvgIpc) is 2.86. The molecule has 16 heavy (non-hydrogen) atoms. The van der Waals surface area contributed by atoms with Crippen molar-refractivity contribution in [2.75, 3.05) is 25.0 Å². The molecule has 1 aromatic rings. The van der Waals surface area contributed by atoms with Crippen LogP contribution >= 0.6 is 11.6 Å². The first-order valence-corrected chi connectivity index (χ1v) is 5.93. The van der Waals surface area contributed by atoms with Crippen molar-refractivity contribution in [3.05, 3.63) is 28.8 Å². The van der Waals surface area contributed by atoms with Gasteiger partial charge in [0.25, 0.3) is 0 Å². The average molecular weight is 236 g/mol. The number of halogens is 1. The summed E-state index contributed by atoms with van der Waals surface area (Å²) in [6.07, 6.45) is 0.998. The molecular formula is C12H14ClN3. The normalized spacial score (nSPS) is 23.0. The van der Waals surface area contributed by atoms with Gasteiger partial charge in [0, 0.05) is 20.0 Å². The number of hydrogen-bond acceptors (Lipinski definition) is 3. The summed E-state index contributed by atoms with van der Waals surface area (Å²) in [5.41, 5.74) is 2.47. The van der Waals surface area contributed by atoms with Crippen molar-refractivity contribution in [1.29, 1.82) is 0 Å². The molecule has 3 rings (SSSR count). The van der Waals surface area contributed by atoms with E-state index in [9.17, 15) is 0 Å². The fraction of sp³-hybridized carbons (Fsp3) is 0.417. The molecule has 1 atom stereocenters. The van der Waals surface area contributed by atoms with Crippen molar-refractivity contribution in [3.8, 4) is 0 Å². The number of nitrogens with one attached hydrogen (secondary N) is 1. The molecule has 4 heteroatoms. The monoisotopic (exact) mass is 235 g/mol. The van der Waals surface area contributed by atoms with Crippen LogP contribution in [0.2, 0.25) is 5.02 Å². The second kappa shape index (κ2) is 3.67. The third kappa shape index (κ3) is 1.39. The smallest absolute Gasteiger partial charge is 0.120 e. The van der Waals surface area contributed by atoms with Crippen LogP contribution in [0, 0.1) is 0 Å². The highest BCUT2D eigenvalue weighted by molar-refractivity contribution is 6.33. The summed E-state index contributed by atoms with van der Waals surface area (Å²) in [4.78, 5) is 6.73. The topological polar surface area (TPSA) is 27.6 Å². The Labute approximate surface area is 100 Å². The Morgan fingerprint density at radius 3 is 3.06 bits per heavy atom. The van der Waals surface area contributed by atoms with Gasteiger partial charge in [-0.15, -0.1) is 0 Å². The van der Waals surface area contributed by atoms with Crippen molar-refractivity contribution in [3.63, 3.8) is 0 Å². The Hall–Kier alpha value is -1.22. The number of fused-ring (bicyclic) bond motifs is 1. The molecule has 0 aliphatic carbocycles. The Bertz CT molecular complexity index is 456. The van der Waals surface area contributed by atoms with Crippen LogP contribution in [0.4, 0.5) is 5.69 Å². The van der Waals surface area contributed by atoms with Gasteiger partial charge in [-0.2, -0.15) is 0 Å². The molecule has 1 unspecified atom stereocenters. The van der Waals surface area contributed by atoms with Gasteiger partial charge < -0.3 is 10.2 Å². The number of hydrogen-bond donors (Lipinski definition) is 1. The molecule has 0 aromatic heterocycles. The van der Waals surface area contributed by atoms with Crippen LogP contribution in [0.15, 0.2) is 23.2 Å². The fourth-order valence-corrected chi connectivity index (χ4v) is 2.87. The lowest BCUT2D eigenvalue weighted by Crippen LogP contribution is -2.41. The number of aliphatic imine (C=N–C) groups is 1. The van der Waals surface area contributed by atoms with E-state index >= 15 is 0 Å². The van der Waals surface area contributed by atoms with Gasteiger partial charge in [-0.05, 0) is 11.6 Å². The summed E-state index contributed by atoms with van der Waals surface area (Å²) >= 11 is 6.23. The van der Waals surface area contributed by atoms with Crippen molar-refractivity contribution >= 4 is 23.1 Å². The van der Waals surface area contributed by atoms with Crippen molar-refractivity contribution in [2.45, 2.75) is 12.5 Å². The molecule has 0 bridgehead atoms. The molecule has 1 N–H and O–H groups in total. The zero-order valence-corrected chi connectivity index (χ0v) is 9.96. The minimum Gasteiger partial charge on any atom is -0.370 e. The molecule has 0 saturated carbocycles. The Kier molecular flexibility index (Phi) is 2.28. The van der Waals surface area contributed by atoms with Gasteiger partial charge in [-0.25, -0.2) is 0 Å². The molecule has 1 aromatic carbocycles. The van der Waals surface area contributed by atoms with E-state index in [1.165, 1.54) is 5.56 Å². The molecule has 2 aliphatic heterocycles. The van der Waals surface area contributed by atoms with E-state index in [4.69, 9.17) is 11.6 Å². The predicted molar refractivity (Wildman–Crippen MR) is 67.7 cm³/mol. The van der Waals surface area contributed by atoms with E-state index in [1.807, 2.05) is 12.1 Å². The molecule has 3 nitrogen and oxygen atoms in total. The summed E-state index contributed by atoms with van der Waals surface area (Å²) < 4.78 is 0. The number of rotatable bonds is 1. The molecular weight excluding hydrogens is 222 g/mol.